The maximum atomic E-state index is 12.7. The number of alkyl halides is 1. The van der Waals surface area contributed by atoms with Crippen LogP contribution in [0.1, 0.15) is 26.2 Å². The molecule has 0 spiro atoms. The Morgan fingerprint density at radius 3 is 2.38 bits per heavy atom. The Balaban J connectivity index is 1.51. The number of aliphatic hydroxyl groups excluding tert-OH is 2. The molecule has 0 aromatic rings. The lowest BCUT2D eigenvalue weighted by Crippen LogP contribution is -2.71. The Morgan fingerprint density at radius 1 is 1.07 bits per heavy atom. The molecule has 3 heterocycles. The molecule has 17 heteroatoms. The minimum Gasteiger partial charge on any atom is -0.388 e. The van der Waals surface area contributed by atoms with Crippen molar-refractivity contribution in [3.63, 3.8) is 0 Å². The van der Waals surface area contributed by atoms with E-state index in [1.807, 2.05) is 0 Å². The predicted octanol–water partition coefficient (Wildman–Crippen LogP) is -4.24. The molecule has 0 bridgehead atoms. The van der Waals surface area contributed by atoms with E-state index in [1.54, 1.807) is 7.05 Å². The maximum Gasteiger partial charge on any atom is 0.185 e. The van der Waals surface area contributed by atoms with E-state index in [-0.39, 0.29) is 44.5 Å². The highest BCUT2D eigenvalue weighted by Crippen LogP contribution is 2.32. The lowest BCUT2D eigenvalue weighted by Gasteiger charge is -2.49. The van der Waals surface area contributed by atoms with Gasteiger partial charge in [0.15, 0.2) is 18.2 Å². The fourth-order valence-corrected chi connectivity index (χ4v) is 5.77. The molecule has 0 amide bonds. The van der Waals surface area contributed by atoms with Gasteiger partial charge in [-0.3, -0.25) is 10.4 Å². The standard InChI is InChI=1S/C25H46FN7O9/c1-24(36)8-39-22(17(35)20(24)31-2)42-19-14(33-23(30)25(37)9-38-10-25)5-13(28)18(16(19)34)41-21-12(27)4-3-11(40-21)7-32-15(29)6-26/h11-14,16-22,31,34-37H,3-10,27-28H2,1-2H3,(H2,29,32)(H2,30,33)/t11-,12?,13-,14+,16?,17?,18?,19?,20+,21+,22+,24?/m0/s1. The van der Waals surface area contributed by atoms with E-state index < -0.39 is 85.1 Å². The van der Waals surface area contributed by atoms with Crippen molar-refractivity contribution in [1.82, 2.24) is 10.6 Å². The number of amidine groups is 2. The number of hydrogen-bond acceptors (Lipinski definition) is 14. The number of aliphatic hydroxyl groups is 4. The van der Waals surface area contributed by atoms with Crippen LogP contribution in [0.15, 0.2) is 4.99 Å². The summed E-state index contributed by atoms with van der Waals surface area (Å²) >= 11 is 0. The molecule has 3 saturated heterocycles. The largest absolute Gasteiger partial charge is 0.388 e. The third kappa shape index (κ3) is 7.19. The zero-order chi connectivity index (χ0) is 30.8. The van der Waals surface area contributed by atoms with Gasteiger partial charge in [0.1, 0.15) is 48.4 Å². The van der Waals surface area contributed by atoms with Crippen molar-refractivity contribution in [2.75, 3.05) is 40.1 Å². The van der Waals surface area contributed by atoms with E-state index >= 15 is 0 Å². The van der Waals surface area contributed by atoms with Crippen LogP contribution in [0, 0.1) is 5.41 Å². The van der Waals surface area contributed by atoms with Gasteiger partial charge in [-0.25, -0.2) is 4.39 Å². The van der Waals surface area contributed by atoms with E-state index in [1.165, 1.54) is 6.92 Å². The Hall–Kier alpha value is -1.61. The van der Waals surface area contributed by atoms with Gasteiger partial charge in [0, 0.05) is 6.04 Å². The molecular formula is C25H46FN7O9. The number of likely N-dealkylation sites (N-methyl/N-ethyl adjacent to an activating group) is 1. The zero-order valence-corrected chi connectivity index (χ0v) is 23.9. The van der Waals surface area contributed by atoms with Gasteiger partial charge in [0.05, 0.1) is 50.6 Å². The number of aliphatic imine (C=N–C) groups is 1. The van der Waals surface area contributed by atoms with Crippen LogP contribution < -0.4 is 27.8 Å². The summed E-state index contributed by atoms with van der Waals surface area (Å²) in [5.74, 6) is -0.382. The molecule has 16 nitrogen and oxygen atoms in total. The van der Waals surface area contributed by atoms with Crippen LogP contribution in [0.3, 0.4) is 0 Å². The van der Waals surface area contributed by atoms with Crippen molar-refractivity contribution in [2.45, 2.75) is 105 Å². The lowest BCUT2D eigenvalue weighted by atomic mass is 9.83. The first-order valence-electron chi connectivity index (χ1n) is 14.1. The van der Waals surface area contributed by atoms with Crippen LogP contribution in [0.2, 0.25) is 0 Å². The van der Waals surface area contributed by atoms with E-state index in [9.17, 15) is 24.8 Å². The average molecular weight is 608 g/mol. The van der Waals surface area contributed by atoms with Crippen molar-refractivity contribution < 1.29 is 48.5 Å². The van der Waals surface area contributed by atoms with Crippen LogP contribution in [-0.4, -0.2) is 151 Å². The number of hydrogen-bond donors (Lipinski definition) is 10. The molecule has 3 aliphatic heterocycles. The molecule has 1 aliphatic carbocycles. The minimum absolute atomic E-state index is 0.0695. The van der Waals surface area contributed by atoms with Gasteiger partial charge in [-0.2, -0.15) is 0 Å². The average Bonchev–Trinajstić information content (AvgIpc) is 2.92. The summed E-state index contributed by atoms with van der Waals surface area (Å²) in [6.45, 7) is 0.437. The Morgan fingerprint density at radius 2 is 1.76 bits per heavy atom. The number of nitrogens with two attached hydrogens (primary N) is 3. The van der Waals surface area contributed by atoms with Gasteiger partial charge in [0.25, 0.3) is 0 Å². The molecular weight excluding hydrogens is 561 g/mol. The summed E-state index contributed by atoms with van der Waals surface area (Å²) in [5.41, 5.74) is 15.3. The first-order chi connectivity index (χ1) is 19.8. The minimum atomic E-state index is -1.52. The van der Waals surface area contributed by atoms with Crippen LogP contribution in [-0.2, 0) is 23.7 Å². The molecule has 4 fully saturated rings. The topological polar surface area (TPSA) is 265 Å². The molecule has 4 aliphatic rings. The van der Waals surface area contributed by atoms with Gasteiger partial charge < -0.3 is 71.9 Å². The van der Waals surface area contributed by atoms with Crippen molar-refractivity contribution in [2.24, 2.45) is 22.2 Å². The second kappa shape index (κ2) is 13.6. The van der Waals surface area contributed by atoms with E-state index in [2.05, 4.69) is 15.6 Å². The van der Waals surface area contributed by atoms with Gasteiger partial charge >= 0.3 is 0 Å². The SMILES string of the molecule is CN[C@@H]1C(O)[C@@H](OC2C(O)C(O[C@H]3O[C@H](CN=C(N)CF)CCC3N)[C@@H](N)C[C@H]2NC(=N)C2(O)COC2)OCC1(C)O. The molecule has 0 aromatic carbocycles. The second-order valence-electron chi connectivity index (χ2n) is 11.9. The molecule has 0 radical (unpaired) electrons. The Labute approximate surface area is 243 Å². The third-order valence-electron chi connectivity index (χ3n) is 8.35. The molecule has 6 unspecified atom stereocenters. The summed E-state index contributed by atoms with van der Waals surface area (Å²) in [6.07, 6.45) is -6.52. The van der Waals surface area contributed by atoms with E-state index in [4.69, 9.17) is 46.3 Å². The second-order valence-corrected chi connectivity index (χ2v) is 11.9. The number of halogens is 1. The number of nitrogens with zero attached hydrogens (tertiary/aromatic N) is 1. The smallest absolute Gasteiger partial charge is 0.185 e. The van der Waals surface area contributed by atoms with Gasteiger partial charge in [-0.05, 0) is 33.2 Å². The summed E-state index contributed by atoms with van der Waals surface area (Å²) in [7, 11) is 1.58. The monoisotopic (exact) mass is 607 g/mol. The van der Waals surface area contributed by atoms with Crippen molar-refractivity contribution >= 4 is 11.7 Å². The lowest BCUT2D eigenvalue weighted by molar-refractivity contribution is -0.307. The van der Waals surface area contributed by atoms with Crippen molar-refractivity contribution in [3.05, 3.63) is 0 Å². The van der Waals surface area contributed by atoms with Crippen LogP contribution in [0.4, 0.5) is 4.39 Å². The van der Waals surface area contributed by atoms with Crippen LogP contribution in [0.25, 0.3) is 0 Å². The molecule has 0 aromatic heterocycles. The normalized spacial score (nSPS) is 44.3. The summed E-state index contributed by atoms with van der Waals surface area (Å²) in [4.78, 5) is 3.96. The van der Waals surface area contributed by atoms with Crippen molar-refractivity contribution in [1.29, 1.82) is 5.41 Å². The molecule has 4 rings (SSSR count). The first kappa shape index (κ1) is 33.3. The van der Waals surface area contributed by atoms with E-state index in [0.717, 1.165) is 0 Å². The number of nitrogens with one attached hydrogen (secondary N) is 3. The summed E-state index contributed by atoms with van der Waals surface area (Å²) in [6, 6.07) is -2.98. The Kier molecular flexibility index (Phi) is 10.8. The zero-order valence-electron chi connectivity index (χ0n) is 23.9. The van der Waals surface area contributed by atoms with Crippen LogP contribution >= 0.6 is 0 Å². The highest BCUT2D eigenvalue weighted by atomic mass is 19.1. The third-order valence-corrected chi connectivity index (χ3v) is 8.35. The number of rotatable bonds is 10. The van der Waals surface area contributed by atoms with E-state index in [0.29, 0.717) is 12.8 Å². The molecule has 13 N–H and O–H groups in total. The highest BCUT2D eigenvalue weighted by Gasteiger charge is 2.52. The van der Waals surface area contributed by atoms with Gasteiger partial charge in [0.2, 0.25) is 0 Å². The summed E-state index contributed by atoms with van der Waals surface area (Å²) < 4.78 is 41.7. The first-order valence-corrected chi connectivity index (χ1v) is 14.1. The van der Waals surface area contributed by atoms with Crippen LogP contribution in [0.5, 0.6) is 0 Å². The molecule has 12 atom stereocenters. The maximum absolute atomic E-state index is 12.7. The Bertz CT molecular complexity index is 961. The highest BCUT2D eigenvalue weighted by molar-refractivity contribution is 5.89. The fraction of sp³-hybridized carbons (Fsp3) is 0.920. The van der Waals surface area contributed by atoms with Crippen molar-refractivity contribution in [3.8, 4) is 0 Å². The van der Waals surface area contributed by atoms with Gasteiger partial charge in [-0.1, -0.05) is 0 Å². The quantitative estimate of drug-likeness (QED) is 0.0833. The van der Waals surface area contributed by atoms with Gasteiger partial charge in [-0.15, -0.1) is 0 Å². The molecule has 242 valence electrons. The fourth-order valence-electron chi connectivity index (χ4n) is 5.77. The molecule has 42 heavy (non-hydrogen) atoms. The number of ether oxygens (including phenoxy) is 5. The summed E-state index contributed by atoms with van der Waals surface area (Å²) in [5, 5.41) is 58.0. The predicted molar refractivity (Wildman–Crippen MR) is 146 cm³/mol. The molecule has 1 saturated carbocycles.